The molecule has 3 nitrogen and oxygen atoms in total. The third-order valence-corrected chi connectivity index (χ3v) is 5.39. The fourth-order valence-corrected chi connectivity index (χ4v) is 3.78. The summed E-state index contributed by atoms with van der Waals surface area (Å²) in [5, 5.41) is 1.29. The first-order chi connectivity index (χ1) is 9.93. The summed E-state index contributed by atoms with van der Waals surface area (Å²) in [4.78, 5) is 14.6. The van der Waals surface area contributed by atoms with Gasteiger partial charge in [0.2, 0.25) is 5.91 Å². The quantitative estimate of drug-likeness (QED) is 0.926. The standard InChI is InChI=1S/C16H20Cl2N2O/c1-16(8-19)4-5-20(9-16)15(21)13-7-12(13)11-3-2-10(17)6-14(11)18/h2-3,6,12-13H,4-5,7-9,19H2,1H3. The van der Waals surface area contributed by atoms with Gasteiger partial charge < -0.3 is 10.6 Å². The van der Waals surface area contributed by atoms with Crippen molar-refractivity contribution in [1.29, 1.82) is 0 Å². The van der Waals surface area contributed by atoms with Crippen molar-refractivity contribution >= 4 is 29.1 Å². The molecule has 1 aliphatic carbocycles. The van der Waals surface area contributed by atoms with Crippen molar-refractivity contribution in [3.63, 3.8) is 0 Å². The highest BCUT2D eigenvalue weighted by atomic mass is 35.5. The molecule has 1 heterocycles. The van der Waals surface area contributed by atoms with Crippen LogP contribution in [-0.4, -0.2) is 30.4 Å². The molecule has 3 unspecified atom stereocenters. The summed E-state index contributed by atoms with van der Waals surface area (Å²) >= 11 is 12.2. The second kappa shape index (κ2) is 5.45. The number of nitrogens with zero attached hydrogens (tertiary/aromatic N) is 1. The molecule has 3 atom stereocenters. The van der Waals surface area contributed by atoms with Crippen LogP contribution >= 0.6 is 23.2 Å². The molecular weight excluding hydrogens is 307 g/mol. The van der Waals surface area contributed by atoms with Gasteiger partial charge in [0.1, 0.15) is 0 Å². The average molecular weight is 327 g/mol. The second-order valence-electron chi connectivity index (χ2n) is 6.64. The van der Waals surface area contributed by atoms with Gasteiger partial charge >= 0.3 is 0 Å². The number of rotatable bonds is 3. The Morgan fingerprint density at radius 1 is 1.48 bits per heavy atom. The predicted molar refractivity (Wildman–Crippen MR) is 85.7 cm³/mol. The molecule has 0 spiro atoms. The molecule has 114 valence electrons. The first-order valence-corrected chi connectivity index (χ1v) is 8.13. The van der Waals surface area contributed by atoms with Crippen LogP contribution in [-0.2, 0) is 4.79 Å². The number of nitrogens with two attached hydrogens (primary N) is 1. The minimum absolute atomic E-state index is 0.0730. The number of hydrogen-bond acceptors (Lipinski definition) is 2. The molecule has 1 saturated heterocycles. The lowest BCUT2D eigenvalue weighted by molar-refractivity contribution is -0.132. The smallest absolute Gasteiger partial charge is 0.226 e. The van der Waals surface area contributed by atoms with Crippen LogP contribution in [0.5, 0.6) is 0 Å². The third-order valence-electron chi connectivity index (χ3n) is 4.83. The highest BCUT2D eigenvalue weighted by molar-refractivity contribution is 6.35. The van der Waals surface area contributed by atoms with Crippen LogP contribution in [0.2, 0.25) is 10.0 Å². The van der Waals surface area contributed by atoms with E-state index in [-0.39, 0.29) is 23.2 Å². The molecule has 1 aliphatic heterocycles. The number of amides is 1. The van der Waals surface area contributed by atoms with E-state index in [0.717, 1.165) is 31.5 Å². The molecule has 3 rings (SSSR count). The summed E-state index contributed by atoms with van der Waals surface area (Å²) < 4.78 is 0. The van der Waals surface area contributed by atoms with Crippen LogP contribution in [0.25, 0.3) is 0 Å². The molecule has 0 aromatic heterocycles. The predicted octanol–water partition coefficient (Wildman–Crippen LogP) is 3.29. The molecule has 5 heteroatoms. The van der Waals surface area contributed by atoms with Gasteiger partial charge in [0.25, 0.3) is 0 Å². The Bertz CT molecular complexity index is 577. The van der Waals surface area contributed by atoms with E-state index in [2.05, 4.69) is 6.92 Å². The van der Waals surface area contributed by atoms with Crippen molar-refractivity contribution in [2.75, 3.05) is 19.6 Å². The summed E-state index contributed by atoms with van der Waals surface area (Å²) in [5.41, 5.74) is 6.93. The Balaban J connectivity index is 1.67. The van der Waals surface area contributed by atoms with Crippen molar-refractivity contribution in [2.45, 2.75) is 25.7 Å². The van der Waals surface area contributed by atoms with Crippen LogP contribution in [0.15, 0.2) is 18.2 Å². The van der Waals surface area contributed by atoms with E-state index in [9.17, 15) is 4.79 Å². The van der Waals surface area contributed by atoms with Crippen LogP contribution in [0.4, 0.5) is 0 Å². The Hall–Kier alpha value is -0.770. The third kappa shape index (κ3) is 2.92. The molecule has 21 heavy (non-hydrogen) atoms. The summed E-state index contributed by atoms with van der Waals surface area (Å²) in [7, 11) is 0. The fraction of sp³-hybridized carbons (Fsp3) is 0.562. The summed E-state index contributed by atoms with van der Waals surface area (Å²) in [6.45, 7) is 4.39. The highest BCUT2D eigenvalue weighted by Gasteiger charge is 2.48. The van der Waals surface area contributed by atoms with E-state index in [1.54, 1.807) is 6.07 Å². The van der Waals surface area contributed by atoms with E-state index < -0.39 is 0 Å². The van der Waals surface area contributed by atoms with E-state index in [4.69, 9.17) is 28.9 Å². The number of likely N-dealkylation sites (tertiary alicyclic amines) is 1. The molecule has 1 aromatic rings. The Labute approximate surface area is 135 Å². The molecule has 1 amide bonds. The maximum atomic E-state index is 12.6. The SMILES string of the molecule is CC1(CN)CCN(C(=O)C2CC2c2ccc(Cl)cc2Cl)C1. The van der Waals surface area contributed by atoms with E-state index in [1.807, 2.05) is 17.0 Å². The van der Waals surface area contributed by atoms with Gasteiger partial charge in [0.05, 0.1) is 0 Å². The lowest BCUT2D eigenvalue weighted by Gasteiger charge is -2.22. The molecular formula is C16H20Cl2N2O. The monoisotopic (exact) mass is 326 g/mol. The van der Waals surface area contributed by atoms with Crippen LogP contribution in [0.3, 0.4) is 0 Å². The number of carbonyl (C=O) groups is 1. The Kier molecular flexibility index (Phi) is 3.93. The lowest BCUT2D eigenvalue weighted by atomic mass is 9.90. The van der Waals surface area contributed by atoms with Gasteiger partial charge in [-0.25, -0.2) is 0 Å². The summed E-state index contributed by atoms with van der Waals surface area (Å²) in [6.07, 6.45) is 1.88. The topological polar surface area (TPSA) is 46.3 Å². The van der Waals surface area contributed by atoms with Crippen molar-refractivity contribution in [3.8, 4) is 0 Å². The van der Waals surface area contributed by atoms with E-state index in [0.29, 0.717) is 16.6 Å². The molecule has 0 bridgehead atoms. The average Bonchev–Trinajstić information content (AvgIpc) is 3.13. The van der Waals surface area contributed by atoms with E-state index in [1.165, 1.54) is 0 Å². The molecule has 2 fully saturated rings. The number of halogens is 2. The van der Waals surface area contributed by atoms with Gasteiger partial charge in [-0.15, -0.1) is 0 Å². The number of hydrogen-bond donors (Lipinski definition) is 1. The zero-order valence-electron chi connectivity index (χ0n) is 12.1. The van der Waals surface area contributed by atoms with Crippen molar-refractivity contribution < 1.29 is 4.79 Å². The van der Waals surface area contributed by atoms with Gasteiger partial charge in [-0.2, -0.15) is 0 Å². The molecule has 1 aromatic carbocycles. The zero-order chi connectivity index (χ0) is 15.2. The van der Waals surface area contributed by atoms with E-state index >= 15 is 0 Å². The Morgan fingerprint density at radius 3 is 2.86 bits per heavy atom. The second-order valence-corrected chi connectivity index (χ2v) is 7.48. The number of benzene rings is 1. The zero-order valence-corrected chi connectivity index (χ0v) is 13.6. The van der Waals surface area contributed by atoms with Crippen LogP contribution in [0, 0.1) is 11.3 Å². The fourth-order valence-electron chi connectivity index (χ4n) is 3.23. The molecule has 0 radical (unpaired) electrons. The maximum Gasteiger partial charge on any atom is 0.226 e. The van der Waals surface area contributed by atoms with Gasteiger partial charge in [0.15, 0.2) is 0 Å². The normalized spacial score (nSPS) is 31.5. The van der Waals surface area contributed by atoms with Gasteiger partial charge in [-0.3, -0.25) is 4.79 Å². The van der Waals surface area contributed by atoms with Crippen LogP contribution in [0.1, 0.15) is 31.2 Å². The van der Waals surface area contributed by atoms with Crippen molar-refractivity contribution in [3.05, 3.63) is 33.8 Å². The van der Waals surface area contributed by atoms with Gasteiger partial charge in [-0.1, -0.05) is 36.2 Å². The van der Waals surface area contributed by atoms with Gasteiger partial charge in [-0.05, 0) is 48.4 Å². The highest BCUT2D eigenvalue weighted by Crippen LogP contribution is 2.51. The first-order valence-electron chi connectivity index (χ1n) is 7.37. The van der Waals surface area contributed by atoms with Crippen LogP contribution < -0.4 is 5.73 Å². The first kappa shape index (κ1) is 15.1. The largest absolute Gasteiger partial charge is 0.342 e. The minimum atomic E-state index is 0.0730. The van der Waals surface area contributed by atoms with Crippen molar-refractivity contribution in [1.82, 2.24) is 4.90 Å². The molecule has 1 saturated carbocycles. The lowest BCUT2D eigenvalue weighted by Crippen LogP contribution is -2.35. The summed E-state index contributed by atoms with van der Waals surface area (Å²) in [6, 6.07) is 5.53. The maximum absolute atomic E-state index is 12.6. The Morgan fingerprint density at radius 2 is 2.24 bits per heavy atom. The van der Waals surface area contributed by atoms with Crippen molar-refractivity contribution in [2.24, 2.45) is 17.1 Å². The van der Waals surface area contributed by atoms with Gasteiger partial charge in [0, 0.05) is 29.1 Å². The summed E-state index contributed by atoms with van der Waals surface area (Å²) in [5.74, 6) is 0.569. The molecule has 2 N–H and O–H groups in total. The molecule has 2 aliphatic rings. The minimum Gasteiger partial charge on any atom is -0.342 e. The number of carbonyl (C=O) groups excluding carboxylic acids is 1.